The molecule has 2 aliphatic heterocycles. The van der Waals surface area contributed by atoms with Crippen molar-refractivity contribution in [2.24, 2.45) is 0 Å². The fraction of sp³-hybridized carbons (Fsp3) is 0.348. The highest BCUT2D eigenvalue weighted by molar-refractivity contribution is 6.09. The number of amides is 4. The van der Waals surface area contributed by atoms with Crippen molar-refractivity contribution >= 4 is 29.2 Å². The maximum Gasteiger partial charge on any atom is 0.325 e. The third-order valence-corrected chi connectivity index (χ3v) is 5.61. The average Bonchev–Trinajstić information content (AvgIpc) is 3.07. The van der Waals surface area contributed by atoms with E-state index in [9.17, 15) is 14.4 Å². The molecule has 2 atom stereocenters. The van der Waals surface area contributed by atoms with Gasteiger partial charge in [-0.2, -0.15) is 0 Å². The van der Waals surface area contributed by atoms with Gasteiger partial charge in [0.15, 0.2) is 0 Å². The van der Waals surface area contributed by atoms with Crippen molar-refractivity contribution in [2.45, 2.75) is 25.4 Å². The minimum atomic E-state index is -0.924. The first kappa shape index (κ1) is 20.9. The van der Waals surface area contributed by atoms with Crippen LogP contribution in [0.1, 0.15) is 12.5 Å². The standard InChI is InChI=1S/C23H26N4O4/c1-16(27-22(29)20(25-23(27)30)15-17-5-3-2-4-6-17)21(28)24-18-7-9-19(10-8-18)26-11-13-31-14-12-26/h2-10,16,20H,11-15H2,1H3,(H,24,28)(H,25,30)/t16-,20+/m0/s1. The number of ether oxygens (including phenoxy) is 1. The zero-order chi connectivity index (χ0) is 21.8. The average molecular weight is 422 g/mol. The third-order valence-electron chi connectivity index (χ3n) is 5.61. The molecule has 2 aromatic carbocycles. The Labute approximate surface area is 181 Å². The Kier molecular flexibility index (Phi) is 6.18. The molecule has 0 bridgehead atoms. The SMILES string of the molecule is C[C@@H](C(=O)Nc1ccc(N2CCOCC2)cc1)N1C(=O)N[C@H](Cc2ccccc2)C1=O. The summed E-state index contributed by atoms with van der Waals surface area (Å²) < 4.78 is 5.37. The predicted octanol–water partition coefficient (Wildman–Crippen LogP) is 2.01. The minimum Gasteiger partial charge on any atom is -0.378 e. The number of hydrogen-bond acceptors (Lipinski definition) is 5. The molecule has 0 saturated carbocycles. The van der Waals surface area contributed by atoms with Crippen LogP contribution < -0.4 is 15.5 Å². The summed E-state index contributed by atoms with van der Waals surface area (Å²) in [7, 11) is 0. The van der Waals surface area contributed by atoms with Crippen LogP contribution in [0, 0.1) is 0 Å². The quantitative estimate of drug-likeness (QED) is 0.695. The zero-order valence-electron chi connectivity index (χ0n) is 17.4. The normalized spacial score (nSPS) is 19.8. The number of carbonyl (C=O) groups excluding carboxylic acids is 3. The molecule has 0 aromatic heterocycles. The second-order valence-corrected chi connectivity index (χ2v) is 7.71. The van der Waals surface area contributed by atoms with Gasteiger partial charge in [-0.15, -0.1) is 0 Å². The molecule has 2 aromatic rings. The second-order valence-electron chi connectivity index (χ2n) is 7.71. The van der Waals surface area contributed by atoms with E-state index < -0.39 is 24.0 Å². The molecule has 4 rings (SSSR count). The number of imide groups is 1. The van der Waals surface area contributed by atoms with Gasteiger partial charge in [0.25, 0.3) is 5.91 Å². The van der Waals surface area contributed by atoms with Crippen LogP contribution in [0.15, 0.2) is 54.6 Å². The van der Waals surface area contributed by atoms with Gasteiger partial charge in [0.1, 0.15) is 12.1 Å². The molecule has 162 valence electrons. The van der Waals surface area contributed by atoms with Crippen LogP contribution in [0.5, 0.6) is 0 Å². The number of urea groups is 1. The van der Waals surface area contributed by atoms with Gasteiger partial charge in [-0.05, 0) is 36.8 Å². The number of nitrogens with zero attached hydrogens (tertiary/aromatic N) is 2. The molecule has 2 saturated heterocycles. The second kappa shape index (κ2) is 9.18. The highest BCUT2D eigenvalue weighted by Crippen LogP contribution is 2.20. The van der Waals surface area contributed by atoms with Gasteiger partial charge in [-0.25, -0.2) is 4.79 Å². The highest BCUT2D eigenvalue weighted by atomic mass is 16.5. The number of nitrogens with one attached hydrogen (secondary N) is 2. The lowest BCUT2D eigenvalue weighted by Gasteiger charge is -2.29. The zero-order valence-corrected chi connectivity index (χ0v) is 17.4. The number of benzene rings is 2. The van der Waals surface area contributed by atoms with Crippen molar-refractivity contribution in [2.75, 3.05) is 36.5 Å². The van der Waals surface area contributed by atoms with E-state index in [-0.39, 0.29) is 5.91 Å². The van der Waals surface area contributed by atoms with Gasteiger partial charge in [-0.1, -0.05) is 30.3 Å². The van der Waals surface area contributed by atoms with E-state index >= 15 is 0 Å². The van der Waals surface area contributed by atoms with Crippen LogP contribution in [0.4, 0.5) is 16.2 Å². The Bertz CT molecular complexity index is 942. The molecule has 2 heterocycles. The van der Waals surface area contributed by atoms with Crippen molar-refractivity contribution in [3.63, 3.8) is 0 Å². The van der Waals surface area contributed by atoms with Crippen molar-refractivity contribution in [3.05, 3.63) is 60.2 Å². The lowest BCUT2D eigenvalue weighted by atomic mass is 10.1. The summed E-state index contributed by atoms with van der Waals surface area (Å²) in [5, 5.41) is 5.49. The molecule has 2 N–H and O–H groups in total. The summed E-state index contributed by atoms with van der Waals surface area (Å²) in [5.74, 6) is -0.804. The van der Waals surface area contributed by atoms with Gasteiger partial charge in [0.2, 0.25) is 5.91 Å². The maximum atomic E-state index is 12.8. The van der Waals surface area contributed by atoms with Gasteiger partial charge in [-0.3, -0.25) is 14.5 Å². The van der Waals surface area contributed by atoms with E-state index in [1.54, 1.807) is 6.92 Å². The van der Waals surface area contributed by atoms with E-state index in [1.807, 2.05) is 54.6 Å². The molecule has 0 radical (unpaired) electrons. The van der Waals surface area contributed by atoms with Gasteiger partial charge < -0.3 is 20.3 Å². The Balaban J connectivity index is 1.37. The van der Waals surface area contributed by atoms with Gasteiger partial charge in [0.05, 0.1) is 13.2 Å². The van der Waals surface area contributed by atoms with E-state index in [2.05, 4.69) is 15.5 Å². The van der Waals surface area contributed by atoms with Gasteiger partial charge >= 0.3 is 6.03 Å². The lowest BCUT2D eigenvalue weighted by Crippen LogP contribution is -2.46. The largest absolute Gasteiger partial charge is 0.378 e. The third kappa shape index (κ3) is 4.69. The Morgan fingerprint density at radius 2 is 1.77 bits per heavy atom. The summed E-state index contributed by atoms with van der Waals surface area (Å²) in [4.78, 5) is 41.1. The molecule has 8 heteroatoms. The van der Waals surface area contributed by atoms with Crippen molar-refractivity contribution in [1.82, 2.24) is 10.2 Å². The lowest BCUT2D eigenvalue weighted by molar-refractivity contribution is -0.133. The molecular weight excluding hydrogens is 396 g/mol. The summed E-state index contributed by atoms with van der Waals surface area (Å²) in [6.07, 6.45) is 0.388. The number of hydrogen-bond donors (Lipinski definition) is 2. The van der Waals surface area contributed by atoms with Crippen molar-refractivity contribution < 1.29 is 19.1 Å². The molecule has 0 spiro atoms. The molecule has 0 unspecified atom stereocenters. The minimum absolute atomic E-state index is 0.388. The van der Waals surface area contributed by atoms with Crippen molar-refractivity contribution in [3.8, 4) is 0 Å². The highest BCUT2D eigenvalue weighted by Gasteiger charge is 2.42. The Hall–Kier alpha value is -3.39. The van der Waals surface area contributed by atoms with Crippen LogP contribution in [-0.2, 0) is 20.7 Å². The van der Waals surface area contributed by atoms with E-state index in [4.69, 9.17) is 4.74 Å². The first-order chi connectivity index (χ1) is 15.0. The smallest absolute Gasteiger partial charge is 0.325 e. The summed E-state index contributed by atoms with van der Waals surface area (Å²) in [6, 6.07) is 14.8. The van der Waals surface area contributed by atoms with E-state index in [0.29, 0.717) is 25.3 Å². The topological polar surface area (TPSA) is 91.0 Å². The predicted molar refractivity (Wildman–Crippen MR) is 117 cm³/mol. The summed E-state index contributed by atoms with van der Waals surface area (Å²) >= 11 is 0. The first-order valence-corrected chi connectivity index (χ1v) is 10.4. The summed E-state index contributed by atoms with van der Waals surface area (Å²) in [5.41, 5.74) is 2.62. The fourth-order valence-corrected chi connectivity index (χ4v) is 3.84. The Morgan fingerprint density at radius 3 is 2.45 bits per heavy atom. The van der Waals surface area contributed by atoms with E-state index in [0.717, 1.165) is 29.2 Å². The Morgan fingerprint density at radius 1 is 1.10 bits per heavy atom. The monoisotopic (exact) mass is 422 g/mol. The van der Waals surface area contributed by atoms with Crippen LogP contribution >= 0.6 is 0 Å². The molecular formula is C23H26N4O4. The fourth-order valence-electron chi connectivity index (χ4n) is 3.84. The molecule has 4 amide bonds. The van der Waals surface area contributed by atoms with Crippen molar-refractivity contribution in [1.29, 1.82) is 0 Å². The maximum absolute atomic E-state index is 12.8. The van der Waals surface area contributed by atoms with E-state index in [1.165, 1.54) is 0 Å². The molecule has 0 aliphatic carbocycles. The van der Waals surface area contributed by atoms with Crippen LogP contribution in [-0.4, -0.2) is 61.1 Å². The molecule has 2 aliphatic rings. The number of rotatable bonds is 6. The van der Waals surface area contributed by atoms with Crippen LogP contribution in [0.3, 0.4) is 0 Å². The number of anilines is 2. The van der Waals surface area contributed by atoms with Gasteiger partial charge in [0, 0.05) is 30.9 Å². The molecule has 2 fully saturated rings. The molecule has 8 nitrogen and oxygen atoms in total. The number of morpholine rings is 1. The first-order valence-electron chi connectivity index (χ1n) is 10.4. The molecule has 31 heavy (non-hydrogen) atoms. The van der Waals surface area contributed by atoms with Crippen LogP contribution in [0.25, 0.3) is 0 Å². The summed E-state index contributed by atoms with van der Waals surface area (Å²) in [6.45, 7) is 4.62. The number of carbonyl (C=O) groups is 3. The van der Waals surface area contributed by atoms with Crippen LogP contribution in [0.2, 0.25) is 0 Å².